The Balaban J connectivity index is 2.66. The van der Waals surface area contributed by atoms with Crippen LogP contribution in [0.4, 0.5) is 0 Å². The molecule has 0 saturated carbocycles. The standard InChI is InChI=1S/C4H10N2O2S2/c5-3-1-9-10(7,8)2-4(3)6/h3-4H,1-2,5-6H2/t3-,4-/m0/s1. The second kappa shape index (κ2) is 2.69. The molecule has 0 spiro atoms. The van der Waals surface area contributed by atoms with E-state index >= 15 is 0 Å². The fourth-order valence-corrected chi connectivity index (χ4v) is 3.99. The Bertz CT molecular complexity index is 213. The fourth-order valence-electron chi connectivity index (χ4n) is 0.713. The lowest BCUT2D eigenvalue weighted by Gasteiger charge is -2.23. The van der Waals surface area contributed by atoms with Gasteiger partial charge in [0.25, 0.3) is 0 Å². The summed E-state index contributed by atoms with van der Waals surface area (Å²) < 4.78 is 21.7. The van der Waals surface area contributed by atoms with E-state index in [9.17, 15) is 8.42 Å². The second-order valence-corrected chi connectivity index (χ2v) is 6.59. The molecule has 4 N–H and O–H groups in total. The molecule has 4 nitrogen and oxygen atoms in total. The van der Waals surface area contributed by atoms with Crippen molar-refractivity contribution in [2.75, 3.05) is 11.5 Å². The highest BCUT2D eigenvalue weighted by Crippen LogP contribution is 2.20. The zero-order chi connectivity index (χ0) is 7.78. The molecule has 1 saturated heterocycles. The Kier molecular flexibility index (Phi) is 2.24. The molecule has 2 atom stereocenters. The summed E-state index contributed by atoms with van der Waals surface area (Å²) in [5.41, 5.74) is 10.9. The summed E-state index contributed by atoms with van der Waals surface area (Å²) in [6.07, 6.45) is 0. The van der Waals surface area contributed by atoms with E-state index < -0.39 is 8.87 Å². The van der Waals surface area contributed by atoms with Gasteiger partial charge in [0, 0.05) is 17.8 Å². The highest BCUT2D eigenvalue weighted by atomic mass is 33.1. The van der Waals surface area contributed by atoms with Crippen LogP contribution in [-0.2, 0) is 8.87 Å². The maximum absolute atomic E-state index is 10.8. The average Bonchev–Trinajstić information content (AvgIpc) is 1.79. The number of rotatable bonds is 0. The van der Waals surface area contributed by atoms with Crippen LogP contribution in [0.1, 0.15) is 0 Å². The molecule has 1 aliphatic heterocycles. The van der Waals surface area contributed by atoms with Gasteiger partial charge < -0.3 is 11.5 Å². The average molecular weight is 182 g/mol. The fraction of sp³-hybridized carbons (Fsp3) is 1.00. The monoisotopic (exact) mass is 182 g/mol. The molecule has 0 aromatic heterocycles. The molecule has 0 aromatic carbocycles. The lowest BCUT2D eigenvalue weighted by molar-refractivity contribution is 0.569. The van der Waals surface area contributed by atoms with Gasteiger partial charge >= 0.3 is 0 Å². The highest BCUT2D eigenvalue weighted by Gasteiger charge is 2.28. The molecule has 1 aliphatic rings. The third-order valence-electron chi connectivity index (χ3n) is 1.39. The van der Waals surface area contributed by atoms with Gasteiger partial charge in [0.15, 0.2) is 0 Å². The zero-order valence-corrected chi connectivity index (χ0v) is 6.99. The second-order valence-electron chi connectivity index (χ2n) is 2.34. The van der Waals surface area contributed by atoms with Crippen molar-refractivity contribution in [1.29, 1.82) is 0 Å². The Morgan fingerprint density at radius 2 is 1.90 bits per heavy atom. The van der Waals surface area contributed by atoms with Crippen molar-refractivity contribution in [1.82, 2.24) is 0 Å². The van der Waals surface area contributed by atoms with Gasteiger partial charge in [0.2, 0.25) is 8.87 Å². The van der Waals surface area contributed by atoms with Crippen molar-refractivity contribution < 1.29 is 8.42 Å². The van der Waals surface area contributed by atoms with Gasteiger partial charge in [-0.15, -0.1) is 0 Å². The normalized spacial score (nSPS) is 39.4. The van der Waals surface area contributed by atoms with Gasteiger partial charge in [0.05, 0.1) is 5.75 Å². The van der Waals surface area contributed by atoms with Gasteiger partial charge in [0.1, 0.15) is 0 Å². The van der Waals surface area contributed by atoms with Crippen LogP contribution in [0.3, 0.4) is 0 Å². The SMILES string of the molecule is N[C@H]1CSS(=O)(=O)C[C@@H]1N. The van der Waals surface area contributed by atoms with Crippen molar-refractivity contribution in [3.8, 4) is 0 Å². The first-order valence-electron chi connectivity index (χ1n) is 2.89. The third kappa shape index (κ3) is 1.85. The van der Waals surface area contributed by atoms with Crippen molar-refractivity contribution in [2.24, 2.45) is 11.5 Å². The van der Waals surface area contributed by atoms with Crippen LogP contribution < -0.4 is 11.5 Å². The van der Waals surface area contributed by atoms with Crippen LogP contribution in [0, 0.1) is 0 Å². The number of hydrogen-bond acceptors (Lipinski definition) is 5. The van der Waals surface area contributed by atoms with E-state index in [0.717, 1.165) is 10.8 Å². The quantitative estimate of drug-likeness (QED) is 0.456. The van der Waals surface area contributed by atoms with Crippen molar-refractivity contribution >= 4 is 19.7 Å². The minimum Gasteiger partial charge on any atom is -0.326 e. The Labute approximate surface area is 63.7 Å². The maximum Gasteiger partial charge on any atom is 0.203 e. The number of nitrogens with two attached hydrogens (primary N) is 2. The van der Waals surface area contributed by atoms with Gasteiger partial charge in [-0.2, -0.15) is 0 Å². The molecular formula is C4H10N2O2S2. The van der Waals surface area contributed by atoms with Crippen LogP contribution in [0.2, 0.25) is 0 Å². The molecule has 1 heterocycles. The topological polar surface area (TPSA) is 86.2 Å². The van der Waals surface area contributed by atoms with Crippen molar-refractivity contribution in [2.45, 2.75) is 12.1 Å². The molecule has 0 aliphatic carbocycles. The first kappa shape index (κ1) is 8.32. The van der Waals surface area contributed by atoms with Crippen molar-refractivity contribution in [3.63, 3.8) is 0 Å². The Morgan fingerprint density at radius 3 is 2.30 bits per heavy atom. The predicted octanol–water partition coefficient (Wildman–Crippen LogP) is -1.28. The lowest BCUT2D eigenvalue weighted by Crippen LogP contribution is -2.50. The summed E-state index contributed by atoms with van der Waals surface area (Å²) in [6.45, 7) is 0. The number of hydrogen-bond donors (Lipinski definition) is 2. The smallest absolute Gasteiger partial charge is 0.203 e. The van der Waals surface area contributed by atoms with Gasteiger partial charge in [-0.05, 0) is 10.8 Å². The molecule has 0 bridgehead atoms. The van der Waals surface area contributed by atoms with Crippen LogP contribution in [0.25, 0.3) is 0 Å². The molecule has 0 unspecified atom stereocenters. The highest BCUT2D eigenvalue weighted by molar-refractivity contribution is 8.72. The summed E-state index contributed by atoms with van der Waals surface area (Å²) in [7, 11) is -2.05. The predicted molar refractivity (Wildman–Crippen MR) is 42.2 cm³/mol. The van der Waals surface area contributed by atoms with Crippen LogP contribution in [-0.4, -0.2) is 32.0 Å². The molecule has 0 aromatic rings. The van der Waals surface area contributed by atoms with E-state index in [2.05, 4.69) is 0 Å². The third-order valence-corrected chi connectivity index (χ3v) is 4.95. The molecule has 1 rings (SSSR count). The summed E-state index contributed by atoms with van der Waals surface area (Å²) in [5, 5.41) is 0. The largest absolute Gasteiger partial charge is 0.326 e. The van der Waals surface area contributed by atoms with Crippen LogP contribution >= 0.6 is 10.8 Å². The van der Waals surface area contributed by atoms with E-state index in [4.69, 9.17) is 11.5 Å². The molecule has 0 amide bonds. The van der Waals surface area contributed by atoms with Gasteiger partial charge in [-0.1, -0.05) is 0 Å². The molecule has 6 heteroatoms. The summed E-state index contributed by atoms with van der Waals surface area (Å²) in [5.74, 6) is 0.433. The van der Waals surface area contributed by atoms with E-state index in [1.807, 2.05) is 0 Å². The minimum absolute atomic E-state index is 0.0127. The van der Waals surface area contributed by atoms with Gasteiger partial charge in [-0.3, -0.25) is 0 Å². The molecule has 0 radical (unpaired) electrons. The van der Waals surface area contributed by atoms with E-state index in [1.165, 1.54) is 0 Å². The molecule has 10 heavy (non-hydrogen) atoms. The Hall–Kier alpha value is 0.220. The van der Waals surface area contributed by atoms with Crippen molar-refractivity contribution in [3.05, 3.63) is 0 Å². The first-order chi connectivity index (χ1) is 4.51. The van der Waals surface area contributed by atoms with Crippen LogP contribution in [0.15, 0.2) is 0 Å². The summed E-state index contributed by atoms with van der Waals surface area (Å²) in [4.78, 5) is 0. The summed E-state index contributed by atoms with van der Waals surface area (Å²) in [6, 6.07) is -0.556. The van der Waals surface area contributed by atoms with E-state index in [1.54, 1.807) is 0 Å². The Morgan fingerprint density at radius 1 is 1.30 bits per heavy atom. The maximum atomic E-state index is 10.8. The molecular weight excluding hydrogens is 172 g/mol. The van der Waals surface area contributed by atoms with Crippen LogP contribution in [0.5, 0.6) is 0 Å². The van der Waals surface area contributed by atoms with E-state index in [0.29, 0.717) is 5.75 Å². The van der Waals surface area contributed by atoms with Gasteiger partial charge in [-0.25, -0.2) is 8.42 Å². The molecule has 1 fully saturated rings. The minimum atomic E-state index is -2.95. The van der Waals surface area contributed by atoms with E-state index in [-0.39, 0.29) is 17.8 Å². The molecule has 60 valence electrons. The zero-order valence-electron chi connectivity index (χ0n) is 5.36. The summed E-state index contributed by atoms with van der Waals surface area (Å²) >= 11 is 0. The lowest BCUT2D eigenvalue weighted by atomic mass is 10.2. The first-order valence-corrected chi connectivity index (χ1v) is 6.05.